The third kappa shape index (κ3) is 7.53. The molecule has 0 radical (unpaired) electrons. The number of para-hydroxylation sites is 1. The summed E-state index contributed by atoms with van der Waals surface area (Å²) in [6.07, 6.45) is 1.58. The van der Waals surface area contributed by atoms with E-state index in [1.807, 2.05) is 48.5 Å². The summed E-state index contributed by atoms with van der Waals surface area (Å²) in [6, 6.07) is 19.7. The zero-order chi connectivity index (χ0) is 26.2. The molecule has 1 amide bonds. The standard InChI is InChI=1S/C24H20Cl3N7O2S/c25-17-7-5-15(6-8-17)13-36-21-4-2-1-3-16(21)12-29-31-23-32-33-24(34(23)28)37-14-22(35)30-20-11-18(26)9-10-19(20)27/h1-12H,13-14,28H2,(H,30,35)(H,31,32)/b29-12+. The highest BCUT2D eigenvalue weighted by molar-refractivity contribution is 7.99. The van der Waals surface area contributed by atoms with Gasteiger partial charge in [-0.2, -0.15) is 5.10 Å². The van der Waals surface area contributed by atoms with E-state index in [0.717, 1.165) is 22.9 Å². The van der Waals surface area contributed by atoms with Gasteiger partial charge < -0.3 is 15.9 Å². The molecule has 0 aliphatic rings. The Hall–Kier alpha value is -3.44. The largest absolute Gasteiger partial charge is 0.488 e. The first-order valence-corrected chi connectivity index (χ1v) is 12.8. The van der Waals surface area contributed by atoms with Gasteiger partial charge in [-0.25, -0.2) is 10.1 Å². The van der Waals surface area contributed by atoms with Crippen molar-refractivity contribution in [1.82, 2.24) is 14.9 Å². The Morgan fingerprint density at radius 1 is 1.05 bits per heavy atom. The number of anilines is 2. The summed E-state index contributed by atoms with van der Waals surface area (Å²) >= 11 is 19.1. The molecule has 0 spiro atoms. The van der Waals surface area contributed by atoms with E-state index in [0.29, 0.717) is 38.3 Å². The van der Waals surface area contributed by atoms with Crippen molar-refractivity contribution in [3.05, 3.63) is 92.9 Å². The minimum absolute atomic E-state index is 0.0276. The number of hydrazone groups is 1. The van der Waals surface area contributed by atoms with E-state index >= 15 is 0 Å². The van der Waals surface area contributed by atoms with Gasteiger partial charge in [-0.05, 0) is 48.0 Å². The first-order valence-electron chi connectivity index (χ1n) is 10.7. The number of nitrogens with two attached hydrogens (primary N) is 1. The van der Waals surface area contributed by atoms with Gasteiger partial charge in [0.05, 0.1) is 22.7 Å². The van der Waals surface area contributed by atoms with Gasteiger partial charge in [-0.3, -0.25) is 4.79 Å². The Balaban J connectivity index is 1.32. The quantitative estimate of drug-likeness (QED) is 0.0957. The van der Waals surface area contributed by atoms with Crippen molar-refractivity contribution in [2.24, 2.45) is 5.10 Å². The number of amides is 1. The summed E-state index contributed by atoms with van der Waals surface area (Å²) < 4.78 is 7.13. The maximum atomic E-state index is 12.3. The lowest BCUT2D eigenvalue weighted by atomic mass is 10.2. The number of carbonyl (C=O) groups excluding carboxylic acids is 1. The number of ether oxygens (including phenoxy) is 1. The van der Waals surface area contributed by atoms with Crippen molar-refractivity contribution in [2.45, 2.75) is 11.8 Å². The third-order valence-corrected chi connectivity index (χ3v) is 6.55. The van der Waals surface area contributed by atoms with Gasteiger partial charge in [0, 0.05) is 15.6 Å². The van der Waals surface area contributed by atoms with Crippen LogP contribution in [0.2, 0.25) is 15.1 Å². The predicted molar refractivity (Wildman–Crippen MR) is 149 cm³/mol. The lowest BCUT2D eigenvalue weighted by molar-refractivity contribution is -0.113. The predicted octanol–water partition coefficient (Wildman–Crippen LogP) is 5.71. The molecule has 4 aromatic rings. The lowest BCUT2D eigenvalue weighted by Gasteiger charge is -2.09. The highest BCUT2D eigenvalue weighted by Crippen LogP contribution is 2.26. The van der Waals surface area contributed by atoms with E-state index in [1.54, 1.807) is 24.4 Å². The fourth-order valence-corrected chi connectivity index (χ4v) is 4.10. The van der Waals surface area contributed by atoms with Crippen molar-refractivity contribution in [2.75, 3.05) is 22.3 Å². The van der Waals surface area contributed by atoms with Gasteiger partial charge in [0.2, 0.25) is 11.1 Å². The number of nitrogens with zero attached hydrogens (tertiary/aromatic N) is 4. The number of aromatic nitrogens is 3. The summed E-state index contributed by atoms with van der Waals surface area (Å²) in [5.74, 6) is 6.61. The Kier molecular flexibility index (Phi) is 9.13. The van der Waals surface area contributed by atoms with E-state index in [1.165, 1.54) is 4.68 Å². The first kappa shape index (κ1) is 26.6. The van der Waals surface area contributed by atoms with Crippen molar-refractivity contribution >= 4 is 70.3 Å². The molecule has 1 heterocycles. The van der Waals surface area contributed by atoms with Crippen LogP contribution in [0.15, 0.2) is 77.0 Å². The van der Waals surface area contributed by atoms with E-state index in [2.05, 4.69) is 26.0 Å². The third-order valence-electron chi connectivity index (χ3n) is 4.79. The molecule has 190 valence electrons. The number of rotatable bonds is 10. The fourth-order valence-electron chi connectivity index (χ4n) is 2.98. The molecule has 0 unspecified atom stereocenters. The number of hydrogen-bond acceptors (Lipinski definition) is 8. The van der Waals surface area contributed by atoms with Gasteiger partial charge in [-0.1, -0.05) is 70.8 Å². The van der Waals surface area contributed by atoms with Crippen LogP contribution in [0.5, 0.6) is 5.75 Å². The summed E-state index contributed by atoms with van der Waals surface area (Å²) in [6.45, 7) is 0.379. The Bertz CT molecular complexity index is 1410. The summed E-state index contributed by atoms with van der Waals surface area (Å²) in [5, 5.41) is 16.7. The van der Waals surface area contributed by atoms with Crippen molar-refractivity contribution in [1.29, 1.82) is 0 Å². The molecule has 0 saturated carbocycles. The summed E-state index contributed by atoms with van der Waals surface area (Å²) in [5.41, 5.74) is 4.90. The van der Waals surface area contributed by atoms with Gasteiger partial charge in [0.25, 0.3) is 5.95 Å². The monoisotopic (exact) mass is 575 g/mol. The molecule has 0 aliphatic carbocycles. The molecule has 37 heavy (non-hydrogen) atoms. The average molecular weight is 577 g/mol. The van der Waals surface area contributed by atoms with Crippen LogP contribution in [0, 0.1) is 0 Å². The maximum Gasteiger partial charge on any atom is 0.264 e. The van der Waals surface area contributed by atoms with Gasteiger partial charge in [0.15, 0.2) is 0 Å². The zero-order valence-corrected chi connectivity index (χ0v) is 22.2. The van der Waals surface area contributed by atoms with E-state index in [9.17, 15) is 4.79 Å². The molecule has 0 aliphatic heterocycles. The SMILES string of the molecule is Nn1c(N/N=C/c2ccccc2OCc2ccc(Cl)cc2)nnc1SCC(=O)Nc1cc(Cl)ccc1Cl. The average Bonchev–Trinajstić information content (AvgIpc) is 3.24. The van der Waals surface area contributed by atoms with Crippen LogP contribution < -0.4 is 21.3 Å². The summed E-state index contributed by atoms with van der Waals surface area (Å²) in [7, 11) is 0. The van der Waals surface area contributed by atoms with Crippen molar-refractivity contribution in [3.63, 3.8) is 0 Å². The zero-order valence-electron chi connectivity index (χ0n) is 19.1. The molecular weight excluding hydrogens is 557 g/mol. The highest BCUT2D eigenvalue weighted by atomic mass is 35.5. The number of nitrogens with one attached hydrogen (secondary N) is 2. The normalized spacial score (nSPS) is 11.0. The second kappa shape index (κ2) is 12.7. The molecular formula is C24H20Cl3N7O2S. The van der Waals surface area contributed by atoms with Crippen LogP contribution in [0.25, 0.3) is 0 Å². The Labute approximate surface area is 231 Å². The number of hydrogen-bond donors (Lipinski definition) is 3. The molecule has 13 heteroatoms. The molecule has 0 fully saturated rings. The van der Waals surface area contributed by atoms with Crippen LogP contribution in [0.3, 0.4) is 0 Å². The molecule has 4 rings (SSSR count). The topological polar surface area (TPSA) is 119 Å². The number of halogens is 3. The van der Waals surface area contributed by atoms with Crippen LogP contribution in [0.4, 0.5) is 11.6 Å². The summed E-state index contributed by atoms with van der Waals surface area (Å²) in [4.78, 5) is 12.3. The van der Waals surface area contributed by atoms with E-state index < -0.39 is 0 Å². The van der Waals surface area contributed by atoms with Gasteiger partial charge in [-0.15, -0.1) is 10.2 Å². The Morgan fingerprint density at radius 3 is 2.62 bits per heavy atom. The van der Waals surface area contributed by atoms with Crippen LogP contribution in [-0.2, 0) is 11.4 Å². The second-order valence-electron chi connectivity index (χ2n) is 7.46. The van der Waals surface area contributed by atoms with E-state index in [-0.39, 0.29) is 17.6 Å². The minimum atomic E-state index is -0.306. The Morgan fingerprint density at radius 2 is 1.81 bits per heavy atom. The molecule has 0 saturated heterocycles. The molecule has 9 nitrogen and oxygen atoms in total. The maximum absolute atomic E-state index is 12.3. The second-order valence-corrected chi connectivity index (χ2v) is 9.68. The molecule has 3 aromatic carbocycles. The molecule has 0 bridgehead atoms. The highest BCUT2D eigenvalue weighted by Gasteiger charge is 2.13. The first-order chi connectivity index (χ1) is 17.9. The molecule has 0 atom stereocenters. The molecule has 4 N–H and O–H groups in total. The van der Waals surface area contributed by atoms with Crippen LogP contribution in [-0.4, -0.2) is 32.7 Å². The van der Waals surface area contributed by atoms with E-state index in [4.69, 9.17) is 45.4 Å². The number of nitrogen functional groups attached to an aromatic ring is 1. The lowest BCUT2D eigenvalue weighted by Crippen LogP contribution is -2.17. The fraction of sp³-hybridized carbons (Fsp3) is 0.0833. The smallest absolute Gasteiger partial charge is 0.264 e. The van der Waals surface area contributed by atoms with Gasteiger partial charge >= 0.3 is 0 Å². The van der Waals surface area contributed by atoms with Gasteiger partial charge in [0.1, 0.15) is 12.4 Å². The number of thioether (sulfide) groups is 1. The minimum Gasteiger partial charge on any atom is -0.488 e. The van der Waals surface area contributed by atoms with Crippen LogP contribution in [0.1, 0.15) is 11.1 Å². The number of benzene rings is 3. The number of carbonyl (C=O) groups is 1. The van der Waals surface area contributed by atoms with Crippen molar-refractivity contribution in [3.8, 4) is 5.75 Å². The van der Waals surface area contributed by atoms with Crippen LogP contribution >= 0.6 is 46.6 Å². The molecule has 1 aromatic heterocycles. The van der Waals surface area contributed by atoms with Crippen molar-refractivity contribution < 1.29 is 9.53 Å².